The van der Waals surface area contributed by atoms with Gasteiger partial charge in [-0.25, -0.2) is 4.39 Å². The minimum atomic E-state index is -0.956. The predicted octanol–water partition coefficient (Wildman–Crippen LogP) is 2.24. The molecule has 4 N–H and O–H groups in total. The third-order valence-corrected chi connectivity index (χ3v) is 5.01. The quantitative estimate of drug-likeness (QED) is 0.520. The van der Waals surface area contributed by atoms with Crippen LogP contribution in [0.1, 0.15) is 18.1 Å². The summed E-state index contributed by atoms with van der Waals surface area (Å²) in [5.41, 5.74) is 7.10. The molecule has 0 unspecified atom stereocenters. The lowest BCUT2D eigenvalue weighted by Crippen LogP contribution is -2.54. The van der Waals surface area contributed by atoms with Gasteiger partial charge < -0.3 is 16.4 Å². The number of carbonyl (C=O) groups is 3. The summed E-state index contributed by atoms with van der Waals surface area (Å²) in [5.74, 6) is -2.01. The molecule has 3 amide bonds. The van der Waals surface area contributed by atoms with Crippen molar-refractivity contribution in [1.82, 2.24) is 10.6 Å². The highest BCUT2D eigenvalue weighted by Gasteiger charge is 2.26. The summed E-state index contributed by atoms with van der Waals surface area (Å²) in [6.45, 7) is 1.30. The van der Waals surface area contributed by atoms with Gasteiger partial charge in [-0.2, -0.15) is 0 Å². The van der Waals surface area contributed by atoms with Crippen molar-refractivity contribution in [3.05, 3.63) is 83.7 Å². The Morgan fingerprint density at radius 1 is 0.871 bits per heavy atom. The van der Waals surface area contributed by atoms with E-state index in [1.54, 1.807) is 12.1 Å². The Kier molecular flexibility index (Phi) is 6.97. The second-order valence-corrected chi connectivity index (χ2v) is 7.39. The number of hydrogen-bond donors (Lipinski definition) is 3. The highest BCUT2D eigenvalue weighted by Crippen LogP contribution is 2.20. The zero-order chi connectivity index (χ0) is 22.4. The highest BCUT2D eigenvalue weighted by atomic mass is 19.1. The molecule has 0 saturated carbocycles. The lowest BCUT2D eigenvalue weighted by molar-refractivity contribution is -0.130. The standard InChI is InChI=1S/C24H24FN3O3/c1-15(29)27-22(13-16-9-11-19(25)12-10-16)24(31)28-21(23(26)30)14-18-7-4-6-17-5-2-3-8-20(17)18/h2-12,21-22H,13-14H2,1H3,(H2,26,30)(H,27,29)(H,28,31)/t21-,22-/m0/s1. The number of halogens is 1. The van der Waals surface area contributed by atoms with Crippen molar-refractivity contribution in [2.24, 2.45) is 5.73 Å². The lowest BCUT2D eigenvalue weighted by atomic mass is 9.98. The summed E-state index contributed by atoms with van der Waals surface area (Å²) in [6.07, 6.45) is 0.358. The molecule has 3 rings (SSSR count). The van der Waals surface area contributed by atoms with Gasteiger partial charge in [0.15, 0.2) is 0 Å². The minimum Gasteiger partial charge on any atom is -0.368 e. The summed E-state index contributed by atoms with van der Waals surface area (Å²) < 4.78 is 13.2. The molecule has 0 bridgehead atoms. The Morgan fingerprint density at radius 3 is 2.23 bits per heavy atom. The average Bonchev–Trinajstić information content (AvgIpc) is 2.74. The second-order valence-electron chi connectivity index (χ2n) is 7.39. The van der Waals surface area contributed by atoms with E-state index in [1.165, 1.54) is 19.1 Å². The summed E-state index contributed by atoms with van der Waals surface area (Å²) in [5, 5.41) is 7.23. The maximum atomic E-state index is 13.2. The fourth-order valence-corrected chi connectivity index (χ4v) is 3.50. The van der Waals surface area contributed by atoms with E-state index in [2.05, 4.69) is 10.6 Å². The van der Waals surface area contributed by atoms with Gasteiger partial charge in [0.05, 0.1) is 0 Å². The number of rotatable bonds is 8. The third kappa shape index (κ3) is 5.88. The summed E-state index contributed by atoms with van der Waals surface area (Å²) in [7, 11) is 0. The molecule has 0 heterocycles. The van der Waals surface area contributed by atoms with Gasteiger partial charge in [0.25, 0.3) is 0 Å². The van der Waals surface area contributed by atoms with Crippen molar-refractivity contribution in [1.29, 1.82) is 0 Å². The monoisotopic (exact) mass is 421 g/mol. The normalized spacial score (nSPS) is 12.7. The molecule has 0 fully saturated rings. The van der Waals surface area contributed by atoms with Crippen LogP contribution in [0.5, 0.6) is 0 Å². The van der Waals surface area contributed by atoms with E-state index in [9.17, 15) is 18.8 Å². The molecule has 0 spiro atoms. The van der Waals surface area contributed by atoms with Crippen LogP contribution in [0.15, 0.2) is 66.7 Å². The van der Waals surface area contributed by atoms with Crippen LogP contribution in [-0.2, 0) is 27.2 Å². The molecule has 160 valence electrons. The van der Waals surface area contributed by atoms with E-state index >= 15 is 0 Å². The van der Waals surface area contributed by atoms with Crippen LogP contribution in [0.25, 0.3) is 10.8 Å². The van der Waals surface area contributed by atoms with Gasteiger partial charge in [-0.1, -0.05) is 54.6 Å². The molecule has 0 aliphatic carbocycles. The number of fused-ring (bicyclic) bond motifs is 1. The average molecular weight is 421 g/mol. The van der Waals surface area contributed by atoms with E-state index in [0.717, 1.165) is 16.3 Å². The Hall–Kier alpha value is -3.74. The first kappa shape index (κ1) is 22.0. The van der Waals surface area contributed by atoms with Gasteiger partial charge in [-0.15, -0.1) is 0 Å². The smallest absolute Gasteiger partial charge is 0.243 e. The van der Waals surface area contributed by atoms with Gasteiger partial charge >= 0.3 is 0 Å². The van der Waals surface area contributed by atoms with Crippen molar-refractivity contribution in [2.75, 3.05) is 0 Å². The van der Waals surface area contributed by atoms with E-state index in [0.29, 0.717) is 5.56 Å². The predicted molar refractivity (Wildman–Crippen MR) is 116 cm³/mol. The van der Waals surface area contributed by atoms with Crippen molar-refractivity contribution in [3.8, 4) is 0 Å². The first-order chi connectivity index (χ1) is 14.8. The Bertz CT molecular complexity index is 1090. The van der Waals surface area contributed by atoms with Crippen LogP contribution in [0.3, 0.4) is 0 Å². The molecular weight excluding hydrogens is 397 g/mol. The summed E-state index contributed by atoms with van der Waals surface area (Å²) >= 11 is 0. The van der Waals surface area contributed by atoms with Gasteiger partial charge in [0.1, 0.15) is 17.9 Å². The molecule has 7 heteroatoms. The molecule has 0 radical (unpaired) electrons. The fraction of sp³-hybridized carbons (Fsp3) is 0.208. The molecule has 31 heavy (non-hydrogen) atoms. The van der Waals surface area contributed by atoms with E-state index in [4.69, 9.17) is 5.73 Å². The van der Waals surface area contributed by atoms with Crippen molar-refractivity contribution in [3.63, 3.8) is 0 Å². The number of benzene rings is 3. The van der Waals surface area contributed by atoms with E-state index < -0.39 is 35.6 Å². The van der Waals surface area contributed by atoms with Gasteiger partial charge in [-0.05, 0) is 34.0 Å². The highest BCUT2D eigenvalue weighted by molar-refractivity contribution is 5.92. The van der Waals surface area contributed by atoms with E-state index in [-0.39, 0.29) is 12.8 Å². The molecule has 3 aromatic rings. The Balaban J connectivity index is 1.78. The molecule has 3 aromatic carbocycles. The SMILES string of the molecule is CC(=O)N[C@@H](Cc1ccc(F)cc1)C(=O)N[C@@H](Cc1cccc2ccccc12)C(N)=O. The minimum absolute atomic E-state index is 0.144. The number of primary amides is 1. The maximum Gasteiger partial charge on any atom is 0.243 e. The fourth-order valence-electron chi connectivity index (χ4n) is 3.50. The first-order valence-corrected chi connectivity index (χ1v) is 9.91. The van der Waals surface area contributed by atoms with Crippen LogP contribution in [0, 0.1) is 5.82 Å². The molecule has 6 nitrogen and oxygen atoms in total. The van der Waals surface area contributed by atoms with Crippen LogP contribution < -0.4 is 16.4 Å². The van der Waals surface area contributed by atoms with Crippen LogP contribution >= 0.6 is 0 Å². The summed E-state index contributed by atoms with van der Waals surface area (Å²) in [6, 6.07) is 17.2. The molecule has 0 aromatic heterocycles. The van der Waals surface area contributed by atoms with Crippen LogP contribution in [0.2, 0.25) is 0 Å². The number of nitrogens with one attached hydrogen (secondary N) is 2. The zero-order valence-corrected chi connectivity index (χ0v) is 17.1. The zero-order valence-electron chi connectivity index (χ0n) is 17.1. The molecule has 0 aliphatic rings. The molecule has 2 atom stereocenters. The van der Waals surface area contributed by atoms with Crippen molar-refractivity contribution >= 4 is 28.5 Å². The third-order valence-electron chi connectivity index (χ3n) is 5.01. The number of hydrogen-bond acceptors (Lipinski definition) is 3. The molecule has 0 saturated heterocycles. The number of amides is 3. The van der Waals surface area contributed by atoms with Gasteiger partial charge in [0.2, 0.25) is 17.7 Å². The lowest BCUT2D eigenvalue weighted by Gasteiger charge is -2.22. The Labute approximate surface area is 179 Å². The summed E-state index contributed by atoms with van der Waals surface area (Å²) in [4.78, 5) is 36.6. The van der Waals surface area contributed by atoms with Crippen molar-refractivity contribution in [2.45, 2.75) is 31.8 Å². The van der Waals surface area contributed by atoms with Crippen molar-refractivity contribution < 1.29 is 18.8 Å². The molecular formula is C24H24FN3O3. The maximum absolute atomic E-state index is 13.2. The Morgan fingerprint density at radius 2 is 1.55 bits per heavy atom. The second kappa shape index (κ2) is 9.84. The van der Waals surface area contributed by atoms with Crippen LogP contribution in [0.4, 0.5) is 4.39 Å². The largest absolute Gasteiger partial charge is 0.368 e. The number of nitrogens with two attached hydrogens (primary N) is 1. The van der Waals surface area contributed by atoms with E-state index in [1.807, 2.05) is 42.5 Å². The number of carbonyl (C=O) groups excluding carboxylic acids is 3. The van der Waals surface area contributed by atoms with Crippen LogP contribution in [-0.4, -0.2) is 29.8 Å². The molecule has 0 aliphatic heterocycles. The van der Waals surface area contributed by atoms with Gasteiger partial charge in [0, 0.05) is 19.8 Å². The first-order valence-electron chi connectivity index (χ1n) is 9.91. The van der Waals surface area contributed by atoms with Gasteiger partial charge in [-0.3, -0.25) is 14.4 Å². The topological polar surface area (TPSA) is 101 Å².